The number of rotatable bonds is 6. The van der Waals surface area contributed by atoms with Crippen LogP contribution in [0.25, 0.3) is 11.3 Å². The minimum absolute atomic E-state index is 0.198. The Labute approximate surface area is 180 Å². The Morgan fingerprint density at radius 1 is 1.23 bits per heavy atom. The van der Waals surface area contributed by atoms with E-state index in [9.17, 15) is 14.8 Å². The Morgan fingerprint density at radius 2 is 2.00 bits per heavy atom. The predicted molar refractivity (Wildman–Crippen MR) is 113 cm³/mol. The number of nitrogens with zero attached hydrogens (tertiary/aromatic N) is 5. The van der Waals surface area contributed by atoms with Crippen molar-refractivity contribution in [3.05, 3.63) is 65.6 Å². The van der Waals surface area contributed by atoms with Crippen molar-refractivity contribution in [2.45, 2.75) is 39.3 Å². The van der Waals surface area contributed by atoms with Crippen LogP contribution in [0.4, 0.5) is 10.3 Å². The van der Waals surface area contributed by atoms with E-state index in [0.717, 1.165) is 11.1 Å². The lowest BCUT2D eigenvalue weighted by Gasteiger charge is -2.49. The first-order chi connectivity index (χ1) is 14.9. The summed E-state index contributed by atoms with van der Waals surface area (Å²) in [7, 11) is 0. The van der Waals surface area contributed by atoms with Crippen LogP contribution in [0.15, 0.2) is 43.0 Å². The van der Waals surface area contributed by atoms with Crippen molar-refractivity contribution in [1.29, 1.82) is 5.26 Å². The molecule has 0 aliphatic heterocycles. The number of hydrogen-bond donors (Lipinski definition) is 2. The van der Waals surface area contributed by atoms with E-state index in [4.69, 9.17) is 0 Å². The number of aliphatic hydroxyl groups is 1. The Kier molecular flexibility index (Phi) is 5.61. The zero-order valence-electron chi connectivity index (χ0n) is 17.4. The maximum absolute atomic E-state index is 13.3. The van der Waals surface area contributed by atoms with Crippen LogP contribution in [0.5, 0.6) is 0 Å². The zero-order valence-corrected chi connectivity index (χ0v) is 17.4. The maximum atomic E-state index is 13.3. The second-order valence-electron chi connectivity index (χ2n) is 8.40. The minimum Gasteiger partial charge on any atom is -0.393 e. The largest absolute Gasteiger partial charge is 0.393 e. The fraction of sp³-hybridized carbons (Fsp3) is 0.348. The van der Waals surface area contributed by atoms with Gasteiger partial charge in [-0.05, 0) is 48.4 Å². The molecule has 1 aliphatic rings. The third-order valence-electron chi connectivity index (χ3n) is 6.19. The number of hydrogen-bond acceptors (Lipinski definition) is 7. The van der Waals surface area contributed by atoms with Gasteiger partial charge in [-0.2, -0.15) is 5.26 Å². The molecule has 2 atom stereocenters. The second-order valence-corrected chi connectivity index (χ2v) is 8.40. The molecule has 0 unspecified atom stereocenters. The molecule has 0 radical (unpaired) electrons. The van der Waals surface area contributed by atoms with Crippen LogP contribution < -0.4 is 5.32 Å². The van der Waals surface area contributed by atoms with Crippen molar-refractivity contribution >= 4 is 5.95 Å². The summed E-state index contributed by atoms with van der Waals surface area (Å²) in [5.41, 5.74) is 3.21. The molecule has 2 N–H and O–H groups in total. The molecule has 0 saturated heterocycles. The summed E-state index contributed by atoms with van der Waals surface area (Å²) in [5.74, 6) is 0.351. The van der Waals surface area contributed by atoms with Crippen molar-refractivity contribution in [2.75, 3.05) is 5.32 Å². The van der Waals surface area contributed by atoms with Crippen LogP contribution in [-0.2, 0) is 13.0 Å². The molecule has 2 heterocycles. The minimum atomic E-state index is -0.328. The fourth-order valence-corrected chi connectivity index (χ4v) is 3.85. The highest BCUT2D eigenvalue weighted by Gasteiger charge is 2.47. The number of nitriles is 1. The van der Waals surface area contributed by atoms with E-state index >= 15 is 0 Å². The van der Waals surface area contributed by atoms with E-state index in [1.807, 2.05) is 13.8 Å². The van der Waals surface area contributed by atoms with Gasteiger partial charge in [0.2, 0.25) is 5.95 Å². The van der Waals surface area contributed by atoms with Gasteiger partial charge in [0, 0.05) is 23.9 Å². The Morgan fingerprint density at radius 3 is 2.68 bits per heavy atom. The Hall–Kier alpha value is -3.44. The third kappa shape index (κ3) is 4.23. The number of anilines is 1. The van der Waals surface area contributed by atoms with Crippen molar-refractivity contribution in [3.63, 3.8) is 0 Å². The summed E-state index contributed by atoms with van der Waals surface area (Å²) in [6.07, 6.45) is 5.65. The average molecular weight is 418 g/mol. The molecular weight excluding hydrogens is 395 g/mol. The number of nitrogens with one attached hydrogen (secondary N) is 1. The lowest BCUT2D eigenvalue weighted by Crippen LogP contribution is -2.50. The molecule has 31 heavy (non-hydrogen) atoms. The molecule has 1 fully saturated rings. The smallest absolute Gasteiger partial charge is 0.223 e. The van der Waals surface area contributed by atoms with Gasteiger partial charge in [-0.3, -0.25) is 0 Å². The van der Waals surface area contributed by atoms with E-state index in [-0.39, 0.29) is 23.3 Å². The van der Waals surface area contributed by atoms with Crippen LogP contribution in [0.3, 0.4) is 0 Å². The number of benzene rings is 1. The summed E-state index contributed by atoms with van der Waals surface area (Å²) in [6.45, 7) is 4.43. The van der Waals surface area contributed by atoms with Gasteiger partial charge in [0.05, 0.1) is 29.3 Å². The molecule has 2 aromatic heterocycles. The van der Waals surface area contributed by atoms with Crippen molar-refractivity contribution < 1.29 is 9.50 Å². The fourth-order valence-electron chi connectivity index (χ4n) is 3.85. The van der Waals surface area contributed by atoms with Gasteiger partial charge in [-0.25, -0.2) is 24.3 Å². The van der Waals surface area contributed by atoms with Gasteiger partial charge >= 0.3 is 0 Å². The molecular formula is C23H23FN6O. The summed E-state index contributed by atoms with van der Waals surface area (Å²) < 4.78 is 13.3. The monoisotopic (exact) mass is 418 g/mol. The summed E-state index contributed by atoms with van der Waals surface area (Å²) in [4.78, 5) is 17.3. The van der Waals surface area contributed by atoms with Gasteiger partial charge < -0.3 is 10.4 Å². The zero-order chi connectivity index (χ0) is 22.0. The summed E-state index contributed by atoms with van der Waals surface area (Å²) in [5, 5.41) is 22.6. The Bertz CT molecular complexity index is 1130. The molecule has 7 nitrogen and oxygen atoms in total. The number of aliphatic hydroxyl groups excluding tert-OH is 1. The third-order valence-corrected chi connectivity index (χ3v) is 6.19. The first-order valence-electron chi connectivity index (χ1n) is 10.1. The van der Waals surface area contributed by atoms with Crippen LogP contribution in [-0.4, -0.2) is 31.1 Å². The van der Waals surface area contributed by atoms with E-state index in [2.05, 4.69) is 31.3 Å². The molecule has 0 bridgehead atoms. The van der Waals surface area contributed by atoms with Crippen LogP contribution in [0.2, 0.25) is 0 Å². The van der Waals surface area contributed by atoms with Gasteiger partial charge in [-0.15, -0.1) is 0 Å². The topological polar surface area (TPSA) is 108 Å². The molecule has 8 heteroatoms. The number of aromatic nitrogens is 4. The summed E-state index contributed by atoms with van der Waals surface area (Å²) >= 11 is 0. The van der Waals surface area contributed by atoms with Crippen molar-refractivity contribution in [1.82, 2.24) is 19.9 Å². The second kappa shape index (κ2) is 8.36. The van der Waals surface area contributed by atoms with Crippen molar-refractivity contribution in [2.24, 2.45) is 11.3 Å². The normalized spacial score (nSPS) is 19.3. The molecule has 1 aromatic carbocycles. The van der Waals surface area contributed by atoms with E-state index in [0.29, 0.717) is 42.3 Å². The Balaban J connectivity index is 1.52. The number of halogens is 1. The molecule has 0 amide bonds. The molecule has 1 aliphatic carbocycles. The molecule has 1 saturated carbocycles. The van der Waals surface area contributed by atoms with Gasteiger partial charge in [-0.1, -0.05) is 13.8 Å². The van der Waals surface area contributed by atoms with Gasteiger partial charge in [0.25, 0.3) is 0 Å². The highest BCUT2D eigenvalue weighted by molar-refractivity contribution is 5.62. The van der Waals surface area contributed by atoms with Crippen LogP contribution in [0.1, 0.15) is 37.1 Å². The van der Waals surface area contributed by atoms with Crippen LogP contribution in [0, 0.1) is 28.5 Å². The van der Waals surface area contributed by atoms with E-state index < -0.39 is 0 Å². The quantitative estimate of drug-likeness (QED) is 0.631. The van der Waals surface area contributed by atoms with Crippen LogP contribution >= 0.6 is 0 Å². The maximum Gasteiger partial charge on any atom is 0.223 e. The standard InChI is InChI=1S/C23H23FN6O/c1-23(2)17(8-20(23)31)7-19-15(9-25)11-27-22(30-19)28-12-16-10-26-13-29-21(16)14-3-5-18(24)6-4-14/h3-6,10-11,13,17,20,31H,7-8,12H2,1-2H3,(H,27,28,30)/t17-,20+/m0/s1. The first-order valence-corrected chi connectivity index (χ1v) is 10.1. The van der Waals surface area contributed by atoms with Gasteiger partial charge in [0.15, 0.2) is 0 Å². The van der Waals surface area contributed by atoms with Crippen molar-refractivity contribution in [3.8, 4) is 17.3 Å². The molecule has 4 rings (SSSR count). The highest BCUT2D eigenvalue weighted by Crippen LogP contribution is 2.47. The van der Waals surface area contributed by atoms with Gasteiger partial charge in [0.1, 0.15) is 18.2 Å². The molecule has 158 valence electrons. The SMILES string of the molecule is CC1(C)[C@@H](Cc2nc(NCc3cncnc3-c3ccc(F)cc3)ncc2C#N)C[C@H]1O. The first kappa shape index (κ1) is 20.8. The van der Waals surface area contributed by atoms with E-state index in [1.165, 1.54) is 24.7 Å². The predicted octanol–water partition coefficient (Wildman–Crippen LogP) is 3.51. The molecule has 0 spiro atoms. The average Bonchev–Trinajstić information content (AvgIpc) is 2.78. The lowest BCUT2D eigenvalue weighted by atomic mass is 9.58. The highest BCUT2D eigenvalue weighted by atomic mass is 19.1. The molecule has 3 aromatic rings. The summed E-state index contributed by atoms with van der Waals surface area (Å²) in [6, 6.07) is 8.29. The lowest BCUT2D eigenvalue weighted by molar-refractivity contribution is -0.0978. The van der Waals surface area contributed by atoms with E-state index in [1.54, 1.807) is 18.3 Å².